The number of benzene rings is 1. The van der Waals surface area contributed by atoms with Crippen molar-refractivity contribution in [1.29, 1.82) is 0 Å². The average Bonchev–Trinajstić information content (AvgIpc) is 2.99. The zero-order chi connectivity index (χ0) is 23.0. The number of anilines is 1. The standard InChI is InChI=1S/C23H31N5O4.HI/c1-23(2,3)28-20(29)15-26-22(25-14-16-8-9-24-21(12-16)30-4)27-17-6-7-18-19(13-17)32-11-5-10-31-18;/h6-9,12-13H,5,10-11,14-15H2,1-4H3,(H,28,29)(H2,25,26,27);1H. The maximum atomic E-state index is 12.3. The molecule has 0 bridgehead atoms. The summed E-state index contributed by atoms with van der Waals surface area (Å²) in [6.45, 7) is 7.50. The van der Waals surface area contributed by atoms with Gasteiger partial charge in [0, 0.05) is 36.0 Å². The van der Waals surface area contributed by atoms with E-state index in [1.165, 1.54) is 0 Å². The molecule has 10 heteroatoms. The number of halogens is 1. The maximum absolute atomic E-state index is 12.3. The molecule has 3 N–H and O–H groups in total. The fourth-order valence-corrected chi connectivity index (χ4v) is 2.97. The molecule has 0 saturated heterocycles. The van der Waals surface area contributed by atoms with Crippen LogP contribution in [0.25, 0.3) is 0 Å². The predicted molar refractivity (Wildman–Crippen MR) is 139 cm³/mol. The number of carbonyl (C=O) groups is 1. The number of hydrogen-bond acceptors (Lipinski definition) is 6. The minimum absolute atomic E-state index is 0. The monoisotopic (exact) mass is 569 g/mol. The van der Waals surface area contributed by atoms with Gasteiger partial charge in [0.25, 0.3) is 0 Å². The number of nitrogens with one attached hydrogen (secondary N) is 3. The quantitative estimate of drug-likeness (QED) is 0.279. The van der Waals surface area contributed by atoms with E-state index in [0.717, 1.165) is 17.7 Å². The van der Waals surface area contributed by atoms with Gasteiger partial charge in [-0.25, -0.2) is 9.98 Å². The van der Waals surface area contributed by atoms with Gasteiger partial charge in [-0.15, -0.1) is 24.0 Å². The lowest BCUT2D eigenvalue weighted by molar-refractivity contribution is -0.121. The average molecular weight is 569 g/mol. The Morgan fingerprint density at radius 2 is 1.91 bits per heavy atom. The number of rotatable bonds is 6. The number of hydrogen-bond donors (Lipinski definition) is 3. The van der Waals surface area contributed by atoms with Crippen LogP contribution in [-0.4, -0.2) is 49.3 Å². The minimum Gasteiger partial charge on any atom is -0.490 e. The molecule has 180 valence electrons. The summed E-state index contributed by atoms with van der Waals surface area (Å²) in [5, 5.41) is 9.26. The molecule has 0 radical (unpaired) electrons. The summed E-state index contributed by atoms with van der Waals surface area (Å²) in [4.78, 5) is 21.0. The first kappa shape index (κ1) is 26.5. The summed E-state index contributed by atoms with van der Waals surface area (Å²) < 4.78 is 16.6. The summed E-state index contributed by atoms with van der Waals surface area (Å²) in [5.74, 6) is 2.24. The van der Waals surface area contributed by atoms with Gasteiger partial charge < -0.3 is 30.2 Å². The van der Waals surface area contributed by atoms with Crippen molar-refractivity contribution in [2.75, 3.05) is 32.2 Å². The van der Waals surface area contributed by atoms with Gasteiger partial charge in [-0.05, 0) is 44.5 Å². The van der Waals surface area contributed by atoms with Crippen molar-refractivity contribution in [2.24, 2.45) is 4.99 Å². The van der Waals surface area contributed by atoms with E-state index >= 15 is 0 Å². The summed E-state index contributed by atoms with van der Waals surface area (Å²) in [5.41, 5.74) is 1.38. The molecule has 0 aliphatic carbocycles. The van der Waals surface area contributed by atoms with Crippen molar-refractivity contribution in [3.05, 3.63) is 42.1 Å². The summed E-state index contributed by atoms with van der Waals surface area (Å²) in [7, 11) is 1.57. The first-order valence-electron chi connectivity index (χ1n) is 10.6. The van der Waals surface area contributed by atoms with Gasteiger partial charge in [0.1, 0.15) is 0 Å². The second kappa shape index (κ2) is 12.5. The Hall–Kier alpha value is -2.76. The fourth-order valence-electron chi connectivity index (χ4n) is 2.97. The molecule has 0 spiro atoms. The number of guanidine groups is 1. The molecule has 1 aliphatic rings. The van der Waals surface area contributed by atoms with Crippen LogP contribution in [0.5, 0.6) is 17.4 Å². The minimum atomic E-state index is -0.314. The molecular weight excluding hydrogens is 537 g/mol. The van der Waals surface area contributed by atoms with Gasteiger partial charge in [0.05, 0.1) is 33.4 Å². The second-order valence-electron chi connectivity index (χ2n) is 8.36. The molecule has 2 heterocycles. The lowest BCUT2D eigenvalue weighted by atomic mass is 10.1. The van der Waals surface area contributed by atoms with Crippen LogP contribution in [0.2, 0.25) is 0 Å². The molecule has 9 nitrogen and oxygen atoms in total. The predicted octanol–water partition coefficient (Wildman–Crippen LogP) is 3.34. The fraction of sp³-hybridized carbons (Fsp3) is 0.435. The topological polar surface area (TPSA) is 106 Å². The van der Waals surface area contributed by atoms with E-state index in [4.69, 9.17) is 14.2 Å². The van der Waals surface area contributed by atoms with Gasteiger partial charge in [0.15, 0.2) is 17.5 Å². The van der Waals surface area contributed by atoms with E-state index < -0.39 is 0 Å². The summed E-state index contributed by atoms with van der Waals surface area (Å²) in [6.07, 6.45) is 2.51. The van der Waals surface area contributed by atoms with Gasteiger partial charge in [-0.2, -0.15) is 0 Å². The number of nitrogens with zero attached hydrogens (tertiary/aromatic N) is 2. The van der Waals surface area contributed by atoms with Crippen LogP contribution < -0.4 is 30.2 Å². The van der Waals surface area contributed by atoms with Gasteiger partial charge in [-0.3, -0.25) is 4.79 Å². The molecule has 3 rings (SSSR count). The van der Waals surface area contributed by atoms with E-state index in [-0.39, 0.29) is 42.0 Å². The Morgan fingerprint density at radius 1 is 1.15 bits per heavy atom. The van der Waals surface area contributed by atoms with E-state index in [0.29, 0.717) is 43.1 Å². The number of aromatic nitrogens is 1. The first-order valence-corrected chi connectivity index (χ1v) is 10.6. The Balaban J connectivity index is 0.00000385. The van der Waals surface area contributed by atoms with Crippen LogP contribution in [0.3, 0.4) is 0 Å². The summed E-state index contributed by atoms with van der Waals surface area (Å²) in [6, 6.07) is 9.29. The lowest BCUT2D eigenvalue weighted by Gasteiger charge is -2.21. The Labute approximate surface area is 211 Å². The number of carbonyl (C=O) groups excluding carboxylic acids is 1. The smallest absolute Gasteiger partial charge is 0.239 e. The molecule has 0 unspecified atom stereocenters. The molecule has 1 aromatic carbocycles. The number of fused-ring (bicyclic) bond motifs is 1. The number of pyridine rings is 1. The molecule has 33 heavy (non-hydrogen) atoms. The van der Waals surface area contributed by atoms with Crippen molar-refractivity contribution in [2.45, 2.75) is 39.3 Å². The highest BCUT2D eigenvalue weighted by molar-refractivity contribution is 14.0. The number of methoxy groups -OCH3 is 1. The lowest BCUT2D eigenvalue weighted by Crippen LogP contribution is -2.46. The third-order valence-corrected chi connectivity index (χ3v) is 4.37. The highest BCUT2D eigenvalue weighted by atomic mass is 127. The van der Waals surface area contributed by atoms with Crippen molar-refractivity contribution in [1.82, 2.24) is 15.6 Å². The second-order valence-corrected chi connectivity index (χ2v) is 8.36. The SMILES string of the molecule is COc1cc(CN=C(NCC(=O)NC(C)(C)C)Nc2ccc3c(c2)OCCCO3)ccn1.I. The van der Waals surface area contributed by atoms with Crippen LogP contribution >= 0.6 is 24.0 Å². The van der Waals surface area contributed by atoms with E-state index in [9.17, 15) is 4.79 Å². The Bertz CT molecular complexity index is 962. The highest BCUT2D eigenvalue weighted by Gasteiger charge is 2.15. The van der Waals surface area contributed by atoms with Gasteiger partial charge in [0.2, 0.25) is 11.8 Å². The number of ether oxygens (including phenoxy) is 3. The number of aliphatic imine (C=N–C) groups is 1. The van der Waals surface area contributed by atoms with Crippen molar-refractivity contribution >= 4 is 41.5 Å². The van der Waals surface area contributed by atoms with Crippen LogP contribution in [-0.2, 0) is 11.3 Å². The van der Waals surface area contributed by atoms with Crippen molar-refractivity contribution < 1.29 is 19.0 Å². The summed E-state index contributed by atoms with van der Waals surface area (Å²) >= 11 is 0. The van der Waals surface area contributed by atoms with Crippen LogP contribution in [0.4, 0.5) is 5.69 Å². The van der Waals surface area contributed by atoms with E-state index in [1.807, 2.05) is 51.1 Å². The van der Waals surface area contributed by atoms with Crippen LogP contribution in [0.1, 0.15) is 32.8 Å². The maximum Gasteiger partial charge on any atom is 0.239 e. The van der Waals surface area contributed by atoms with Gasteiger partial charge in [-0.1, -0.05) is 0 Å². The molecule has 2 aromatic rings. The first-order chi connectivity index (χ1) is 15.3. The molecule has 1 aliphatic heterocycles. The molecule has 0 saturated carbocycles. The van der Waals surface area contributed by atoms with Crippen LogP contribution in [0.15, 0.2) is 41.5 Å². The zero-order valence-electron chi connectivity index (χ0n) is 19.4. The third kappa shape index (κ3) is 8.95. The molecule has 1 amide bonds. The third-order valence-electron chi connectivity index (χ3n) is 4.37. The molecule has 1 aromatic heterocycles. The number of amides is 1. The molecular formula is C23H32IN5O4. The van der Waals surface area contributed by atoms with Crippen LogP contribution in [0, 0.1) is 0 Å². The normalized spacial score (nSPS) is 13.3. The largest absolute Gasteiger partial charge is 0.490 e. The van der Waals surface area contributed by atoms with E-state index in [2.05, 4.69) is 25.9 Å². The Kier molecular flexibility index (Phi) is 10.0. The zero-order valence-corrected chi connectivity index (χ0v) is 21.8. The highest BCUT2D eigenvalue weighted by Crippen LogP contribution is 2.32. The molecule has 0 atom stereocenters. The Morgan fingerprint density at radius 3 is 2.64 bits per heavy atom. The van der Waals surface area contributed by atoms with Crippen molar-refractivity contribution in [3.63, 3.8) is 0 Å². The van der Waals surface area contributed by atoms with E-state index in [1.54, 1.807) is 13.3 Å². The van der Waals surface area contributed by atoms with Gasteiger partial charge >= 0.3 is 0 Å². The molecule has 0 fully saturated rings. The van der Waals surface area contributed by atoms with Crippen molar-refractivity contribution in [3.8, 4) is 17.4 Å².